The lowest BCUT2D eigenvalue weighted by Crippen LogP contribution is -2.10. The van der Waals surface area contributed by atoms with Gasteiger partial charge in [-0.3, -0.25) is 4.98 Å². The predicted octanol–water partition coefficient (Wildman–Crippen LogP) is 2.85. The van der Waals surface area contributed by atoms with Crippen LogP contribution in [0.4, 0.5) is 13.2 Å². The van der Waals surface area contributed by atoms with Crippen molar-refractivity contribution in [3.63, 3.8) is 0 Å². The Morgan fingerprint density at radius 1 is 1.43 bits per heavy atom. The number of hydrogen-bond donors (Lipinski definition) is 0. The minimum absolute atomic E-state index is 0.0977. The first-order chi connectivity index (χ1) is 6.55. The number of alkyl halides is 4. The highest BCUT2D eigenvalue weighted by atomic mass is 79.9. The van der Waals surface area contributed by atoms with Crippen molar-refractivity contribution in [3.05, 3.63) is 29.6 Å². The van der Waals surface area contributed by atoms with Crippen LogP contribution in [0.3, 0.4) is 0 Å². The van der Waals surface area contributed by atoms with Crippen molar-refractivity contribution in [2.24, 2.45) is 0 Å². The Morgan fingerprint density at radius 2 is 2.14 bits per heavy atom. The minimum Gasteiger partial charge on any atom is -0.251 e. The maximum absolute atomic E-state index is 12.3. The summed E-state index contributed by atoms with van der Waals surface area (Å²) in [5.41, 5.74) is -1.03. The SMILES string of the molecule is FC(F)(F)c1ncccc1C#CCBr. The number of nitrogens with zero attached hydrogens (tertiary/aromatic N) is 1. The van der Waals surface area contributed by atoms with Gasteiger partial charge in [0.05, 0.1) is 10.9 Å². The van der Waals surface area contributed by atoms with Crippen molar-refractivity contribution in [1.82, 2.24) is 4.98 Å². The molecule has 0 aliphatic rings. The largest absolute Gasteiger partial charge is 0.434 e. The lowest BCUT2D eigenvalue weighted by atomic mass is 10.2. The quantitative estimate of drug-likeness (QED) is 0.518. The molecule has 0 unspecified atom stereocenters. The van der Waals surface area contributed by atoms with Gasteiger partial charge in [-0.25, -0.2) is 0 Å². The summed E-state index contributed by atoms with van der Waals surface area (Å²) in [6, 6.07) is 2.72. The fourth-order valence-corrected chi connectivity index (χ4v) is 1.00. The minimum atomic E-state index is -4.45. The van der Waals surface area contributed by atoms with Crippen LogP contribution in [0.15, 0.2) is 18.3 Å². The summed E-state index contributed by atoms with van der Waals surface area (Å²) >= 11 is 3.01. The Hall–Kier alpha value is -1.02. The molecule has 14 heavy (non-hydrogen) atoms. The van der Waals surface area contributed by atoms with E-state index < -0.39 is 11.9 Å². The van der Waals surface area contributed by atoms with Gasteiger partial charge in [0.1, 0.15) is 0 Å². The standard InChI is InChI=1S/C9H5BrF3N/c10-5-1-3-7-4-2-6-14-8(7)9(11,12)13/h2,4,6H,5H2. The van der Waals surface area contributed by atoms with Crippen molar-refractivity contribution < 1.29 is 13.2 Å². The summed E-state index contributed by atoms with van der Waals surface area (Å²) < 4.78 is 37.0. The van der Waals surface area contributed by atoms with E-state index in [4.69, 9.17) is 0 Å². The smallest absolute Gasteiger partial charge is 0.251 e. The number of halogens is 4. The lowest BCUT2D eigenvalue weighted by molar-refractivity contribution is -0.141. The summed E-state index contributed by atoms with van der Waals surface area (Å²) in [4.78, 5) is 3.26. The highest BCUT2D eigenvalue weighted by molar-refractivity contribution is 9.09. The molecule has 0 aliphatic carbocycles. The number of rotatable bonds is 0. The average Bonchev–Trinajstić information content (AvgIpc) is 2.14. The third-order valence-corrected chi connectivity index (χ3v) is 1.65. The van der Waals surface area contributed by atoms with Crippen molar-refractivity contribution >= 4 is 15.9 Å². The first-order valence-electron chi connectivity index (χ1n) is 3.62. The number of hydrogen-bond acceptors (Lipinski definition) is 1. The molecule has 0 fully saturated rings. The maximum Gasteiger partial charge on any atom is 0.434 e. The van der Waals surface area contributed by atoms with Crippen LogP contribution in [0.2, 0.25) is 0 Å². The summed E-state index contributed by atoms with van der Waals surface area (Å²) in [5.74, 6) is 4.89. The summed E-state index contributed by atoms with van der Waals surface area (Å²) in [6.07, 6.45) is -3.35. The van der Waals surface area contributed by atoms with Crippen LogP contribution >= 0.6 is 15.9 Å². The molecule has 0 spiro atoms. The van der Waals surface area contributed by atoms with Crippen molar-refractivity contribution in [3.8, 4) is 11.8 Å². The van der Waals surface area contributed by atoms with Crippen molar-refractivity contribution in [2.45, 2.75) is 6.18 Å². The van der Waals surface area contributed by atoms with Crippen LogP contribution in [0.1, 0.15) is 11.3 Å². The zero-order valence-electron chi connectivity index (χ0n) is 6.90. The van der Waals surface area contributed by atoms with Crippen LogP contribution in [0.25, 0.3) is 0 Å². The van der Waals surface area contributed by atoms with Gasteiger partial charge in [-0.1, -0.05) is 27.8 Å². The molecule has 0 radical (unpaired) electrons. The molecule has 1 aromatic heterocycles. The van der Waals surface area contributed by atoms with Crippen molar-refractivity contribution in [1.29, 1.82) is 0 Å². The fourth-order valence-electron chi connectivity index (χ4n) is 0.861. The Labute approximate surface area is 87.5 Å². The predicted molar refractivity (Wildman–Crippen MR) is 49.9 cm³/mol. The maximum atomic E-state index is 12.3. The Kier molecular flexibility index (Phi) is 3.53. The van der Waals surface area contributed by atoms with E-state index in [-0.39, 0.29) is 5.56 Å². The number of aromatic nitrogens is 1. The Morgan fingerprint density at radius 3 is 2.71 bits per heavy atom. The van der Waals surface area contributed by atoms with Gasteiger partial charge in [-0.2, -0.15) is 13.2 Å². The van der Waals surface area contributed by atoms with E-state index in [0.29, 0.717) is 5.33 Å². The van der Waals surface area contributed by atoms with Crippen LogP contribution in [-0.2, 0) is 6.18 Å². The van der Waals surface area contributed by atoms with Gasteiger partial charge in [0.15, 0.2) is 5.69 Å². The fraction of sp³-hybridized carbons (Fsp3) is 0.222. The monoisotopic (exact) mass is 263 g/mol. The molecule has 0 atom stereocenters. The van der Waals surface area contributed by atoms with E-state index in [9.17, 15) is 13.2 Å². The second kappa shape index (κ2) is 4.47. The molecule has 5 heteroatoms. The summed E-state index contributed by atoms with van der Waals surface area (Å²) in [5, 5.41) is 0.333. The molecular formula is C9H5BrF3N. The van der Waals surface area contributed by atoms with E-state index in [1.807, 2.05) is 0 Å². The molecule has 1 heterocycles. The van der Waals surface area contributed by atoms with Gasteiger partial charge < -0.3 is 0 Å². The zero-order valence-corrected chi connectivity index (χ0v) is 8.48. The molecule has 74 valence electrons. The third kappa shape index (κ3) is 2.74. The molecular weight excluding hydrogens is 259 g/mol. The third-order valence-electron chi connectivity index (χ3n) is 1.37. The molecule has 0 bridgehead atoms. The first-order valence-corrected chi connectivity index (χ1v) is 4.75. The molecule has 1 aromatic rings. The molecule has 0 N–H and O–H groups in total. The topological polar surface area (TPSA) is 12.9 Å². The zero-order chi connectivity index (χ0) is 10.6. The second-order valence-corrected chi connectivity index (χ2v) is 2.89. The van der Waals surface area contributed by atoms with Crippen LogP contribution in [0.5, 0.6) is 0 Å². The first kappa shape index (κ1) is 11.1. The second-order valence-electron chi connectivity index (χ2n) is 2.33. The van der Waals surface area contributed by atoms with Gasteiger partial charge in [-0.05, 0) is 12.1 Å². The molecule has 0 saturated carbocycles. The molecule has 0 aliphatic heterocycles. The van der Waals surface area contributed by atoms with E-state index in [1.54, 1.807) is 0 Å². The van der Waals surface area contributed by atoms with Gasteiger partial charge in [-0.15, -0.1) is 0 Å². The van der Waals surface area contributed by atoms with Gasteiger partial charge in [0, 0.05) is 6.20 Å². The molecule has 0 aromatic carbocycles. The Balaban J connectivity index is 3.16. The molecule has 0 saturated heterocycles. The summed E-state index contributed by atoms with van der Waals surface area (Å²) in [6.45, 7) is 0. The highest BCUT2D eigenvalue weighted by Crippen LogP contribution is 2.29. The van der Waals surface area contributed by atoms with Crippen LogP contribution in [-0.4, -0.2) is 10.3 Å². The van der Waals surface area contributed by atoms with E-state index >= 15 is 0 Å². The van der Waals surface area contributed by atoms with Crippen molar-refractivity contribution in [2.75, 3.05) is 5.33 Å². The normalized spacial score (nSPS) is 10.6. The van der Waals surface area contributed by atoms with E-state index in [2.05, 4.69) is 32.8 Å². The van der Waals surface area contributed by atoms with E-state index in [0.717, 1.165) is 6.20 Å². The highest BCUT2D eigenvalue weighted by Gasteiger charge is 2.34. The lowest BCUT2D eigenvalue weighted by Gasteiger charge is -2.06. The molecule has 1 nitrogen and oxygen atoms in total. The van der Waals surface area contributed by atoms with E-state index in [1.165, 1.54) is 12.1 Å². The van der Waals surface area contributed by atoms with Gasteiger partial charge in [0.25, 0.3) is 0 Å². The van der Waals surface area contributed by atoms with Crippen LogP contribution < -0.4 is 0 Å². The molecule has 0 amide bonds. The van der Waals surface area contributed by atoms with Crippen LogP contribution in [0, 0.1) is 11.8 Å². The average molecular weight is 264 g/mol. The number of pyridine rings is 1. The Bertz CT molecular complexity index is 376. The summed E-state index contributed by atoms with van der Waals surface area (Å²) in [7, 11) is 0. The molecule has 1 rings (SSSR count). The van der Waals surface area contributed by atoms with Gasteiger partial charge >= 0.3 is 6.18 Å². The van der Waals surface area contributed by atoms with Gasteiger partial charge in [0.2, 0.25) is 0 Å².